The number of pyridine rings is 1. The number of H-pyrrole nitrogens is 1. The van der Waals surface area contributed by atoms with Crippen molar-refractivity contribution in [2.24, 2.45) is 0 Å². The topological polar surface area (TPSA) is 79.7 Å². The highest BCUT2D eigenvalue weighted by Crippen LogP contribution is 2.31. The van der Waals surface area contributed by atoms with E-state index in [9.17, 15) is 4.79 Å². The highest BCUT2D eigenvalue weighted by atomic mass is 16.2. The van der Waals surface area contributed by atoms with Crippen LogP contribution in [0.4, 0.5) is 0 Å². The molecule has 1 N–H and O–H groups in total. The Labute approximate surface area is 158 Å². The van der Waals surface area contributed by atoms with Crippen molar-refractivity contribution in [3.63, 3.8) is 0 Å². The molecule has 0 bridgehead atoms. The molecule has 0 radical (unpaired) electrons. The molecule has 0 aliphatic carbocycles. The Morgan fingerprint density at radius 1 is 1.30 bits per heavy atom. The smallest absolute Gasteiger partial charge is 0.274 e. The first-order valence-corrected chi connectivity index (χ1v) is 9.38. The molecule has 3 aromatic heterocycles. The second-order valence-electron chi connectivity index (χ2n) is 7.16. The Balaban J connectivity index is 1.53. The van der Waals surface area contributed by atoms with Crippen LogP contribution in [0.15, 0.2) is 36.7 Å². The Morgan fingerprint density at radius 2 is 2.19 bits per heavy atom. The lowest BCUT2D eigenvalue weighted by Gasteiger charge is -2.35. The number of rotatable bonds is 4. The van der Waals surface area contributed by atoms with Crippen molar-refractivity contribution in [1.82, 2.24) is 29.9 Å². The van der Waals surface area contributed by atoms with Crippen LogP contribution in [0.1, 0.15) is 58.4 Å². The number of nitrogens with zero attached hydrogens (tertiary/aromatic N) is 5. The summed E-state index contributed by atoms with van der Waals surface area (Å²) in [4.78, 5) is 19.3. The minimum absolute atomic E-state index is 0.0283. The number of nitrogens with one attached hydrogen (secondary N) is 1. The molecular formula is C20H24N6O. The van der Waals surface area contributed by atoms with Crippen LogP contribution >= 0.6 is 0 Å². The summed E-state index contributed by atoms with van der Waals surface area (Å²) in [6.07, 6.45) is 6.71. The monoisotopic (exact) mass is 364 g/mol. The van der Waals surface area contributed by atoms with Gasteiger partial charge >= 0.3 is 0 Å². The van der Waals surface area contributed by atoms with Crippen molar-refractivity contribution in [3.05, 3.63) is 65.0 Å². The zero-order chi connectivity index (χ0) is 18.8. The summed E-state index contributed by atoms with van der Waals surface area (Å²) in [5, 5.41) is 11.7. The zero-order valence-corrected chi connectivity index (χ0v) is 15.7. The van der Waals surface area contributed by atoms with Crippen LogP contribution in [0.2, 0.25) is 0 Å². The second kappa shape index (κ2) is 7.34. The van der Waals surface area contributed by atoms with Crippen LogP contribution in [-0.2, 0) is 6.54 Å². The van der Waals surface area contributed by atoms with Gasteiger partial charge in [-0.05, 0) is 56.9 Å². The average molecular weight is 364 g/mol. The normalized spacial score (nSPS) is 17.3. The van der Waals surface area contributed by atoms with Gasteiger partial charge in [0.2, 0.25) is 0 Å². The summed E-state index contributed by atoms with van der Waals surface area (Å²) in [6, 6.07) is 7.91. The summed E-state index contributed by atoms with van der Waals surface area (Å²) in [6.45, 7) is 5.32. The SMILES string of the molecule is Cc1cc(C)n(Cc2cc(C(=O)N3CCCCC3c3cccnc3)n[nH]2)n1. The summed E-state index contributed by atoms with van der Waals surface area (Å²) >= 11 is 0. The minimum atomic E-state index is -0.0283. The number of piperidine rings is 1. The first kappa shape index (κ1) is 17.5. The van der Waals surface area contributed by atoms with Gasteiger partial charge in [-0.3, -0.25) is 19.6 Å². The highest BCUT2D eigenvalue weighted by Gasteiger charge is 2.30. The van der Waals surface area contributed by atoms with Gasteiger partial charge in [0.05, 0.1) is 24.0 Å². The van der Waals surface area contributed by atoms with E-state index in [4.69, 9.17) is 0 Å². The number of hydrogen-bond acceptors (Lipinski definition) is 4. The highest BCUT2D eigenvalue weighted by molar-refractivity contribution is 5.92. The Hall–Kier alpha value is -2.96. The third kappa shape index (κ3) is 3.63. The largest absolute Gasteiger partial charge is 0.330 e. The fourth-order valence-corrected chi connectivity index (χ4v) is 3.79. The van der Waals surface area contributed by atoms with E-state index in [-0.39, 0.29) is 11.9 Å². The third-order valence-electron chi connectivity index (χ3n) is 5.11. The van der Waals surface area contributed by atoms with Gasteiger partial charge in [0, 0.05) is 24.6 Å². The first-order chi connectivity index (χ1) is 13.1. The maximum Gasteiger partial charge on any atom is 0.274 e. The van der Waals surface area contributed by atoms with Crippen molar-refractivity contribution in [3.8, 4) is 0 Å². The van der Waals surface area contributed by atoms with Crippen molar-refractivity contribution in [2.75, 3.05) is 6.54 Å². The molecule has 4 heterocycles. The Bertz CT molecular complexity index is 929. The fraction of sp³-hybridized carbons (Fsp3) is 0.400. The van der Waals surface area contributed by atoms with Crippen LogP contribution in [0, 0.1) is 13.8 Å². The number of amides is 1. The summed E-state index contributed by atoms with van der Waals surface area (Å²) in [5.41, 5.74) is 4.49. The van der Waals surface area contributed by atoms with E-state index < -0.39 is 0 Å². The number of hydrogen-bond donors (Lipinski definition) is 1. The van der Waals surface area contributed by atoms with E-state index in [0.29, 0.717) is 12.2 Å². The maximum absolute atomic E-state index is 13.1. The third-order valence-corrected chi connectivity index (χ3v) is 5.11. The van der Waals surface area contributed by atoms with E-state index in [1.54, 1.807) is 6.20 Å². The molecule has 1 saturated heterocycles. The lowest BCUT2D eigenvalue weighted by atomic mass is 9.96. The van der Waals surface area contributed by atoms with Crippen molar-refractivity contribution >= 4 is 5.91 Å². The van der Waals surface area contributed by atoms with Crippen LogP contribution < -0.4 is 0 Å². The minimum Gasteiger partial charge on any atom is -0.330 e. The van der Waals surface area contributed by atoms with Crippen LogP contribution in [0.3, 0.4) is 0 Å². The van der Waals surface area contributed by atoms with E-state index in [1.807, 2.05) is 53.9 Å². The summed E-state index contributed by atoms with van der Waals surface area (Å²) in [5.74, 6) is -0.0283. The first-order valence-electron chi connectivity index (χ1n) is 9.38. The molecule has 7 nitrogen and oxygen atoms in total. The predicted octanol–water partition coefficient (Wildman–Crippen LogP) is 3.03. The molecule has 0 aromatic carbocycles. The molecule has 1 atom stereocenters. The average Bonchev–Trinajstić information content (AvgIpc) is 3.28. The second-order valence-corrected chi connectivity index (χ2v) is 7.16. The lowest BCUT2D eigenvalue weighted by molar-refractivity contribution is 0.0605. The van der Waals surface area contributed by atoms with Gasteiger partial charge in [-0.2, -0.15) is 10.2 Å². The molecule has 1 aliphatic heterocycles. The molecule has 0 spiro atoms. The molecule has 1 unspecified atom stereocenters. The molecule has 0 saturated carbocycles. The maximum atomic E-state index is 13.1. The standard InChI is InChI=1S/C20H24N6O/c1-14-10-15(2)26(24-14)13-17-11-18(23-22-17)20(27)25-9-4-3-7-19(25)16-6-5-8-21-12-16/h5-6,8,10-12,19H,3-4,7,9,13H2,1-2H3,(H,22,23). The molecule has 1 fully saturated rings. The number of carbonyl (C=O) groups is 1. The molecular weight excluding hydrogens is 340 g/mol. The van der Waals surface area contributed by atoms with Crippen LogP contribution in [-0.4, -0.2) is 42.3 Å². The van der Waals surface area contributed by atoms with Gasteiger partial charge in [-0.25, -0.2) is 0 Å². The van der Waals surface area contributed by atoms with E-state index >= 15 is 0 Å². The van der Waals surface area contributed by atoms with Gasteiger partial charge in [0.15, 0.2) is 0 Å². The van der Waals surface area contributed by atoms with E-state index in [2.05, 4.69) is 20.3 Å². The van der Waals surface area contributed by atoms with Gasteiger partial charge in [-0.1, -0.05) is 6.07 Å². The van der Waals surface area contributed by atoms with Gasteiger partial charge < -0.3 is 4.90 Å². The predicted molar refractivity (Wildman–Crippen MR) is 101 cm³/mol. The molecule has 1 aliphatic rings. The van der Waals surface area contributed by atoms with Crippen molar-refractivity contribution < 1.29 is 4.79 Å². The molecule has 7 heteroatoms. The van der Waals surface area contributed by atoms with Gasteiger partial charge in [0.1, 0.15) is 5.69 Å². The number of aromatic amines is 1. The molecule has 140 valence electrons. The van der Waals surface area contributed by atoms with Crippen LogP contribution in [0.5, 0.6) is 0 Å². The quantitative estimate of drug-likeness (QED) is 0.772. The molecule has 4 rings (SSSR count). The van der Waals surface area contributed by atoms with Gasteiger partial charge in [-0.15, -0.1) is 0 Å². The molecule has 27 heavy (non-hydrogen) atoms. The number of aromatic nitrogens is 5. The van der Waals surface area contributed by atoms with Crippen molar-refractivity contribution in [1.29, 1.82) is 0 Å². The fourth-order valence-electron chi connectivity index (χ4n) is 3.79. The van der Waals surface area contributed by atoms with Gasteiger partial charge in [0.25, 0.3) is 5.91 Å². The number of aryl methyl sites for hydroxylation is 2. The Kier molecular flexibility index (Phi) is 4.75. The summed E-state index contributed by atoms with van der Waals surface area (Å²) < 4.78 is 1.91. The number of likely N-dealkylation sites (tertiary alicyclic amines) is 1. The zero-order valence-electron chi connectivity index (χ0n) is 15.7. The molecule has 3 aromatic rings. The lowest BCUT2D eigenvalue weighted by Crippen LogP contribution is -2.38. The van der Waals surface area contributed by atoms with E-state index in [1.165, 1.54) is 0 Å². The summed E-state index contributed by atoms with van der Waals surface area (Å²) in [7, 11) is 0. The number of carbonyl (C=O) groups excluding carboxylic acids is 1. The Morgan fingerprint density at radius 3 is 2.93 bits per heavy atom. The van der Waals surface area contributed by atoms with E-state index in [0.717, 1.165) is 48.5 Å². The van der Waals surface area contributed by atoms with Crippen LogP contribution in [0.25, 0.3) is 0 Å². The molecule has 1 amide bonds. The van der Waals surface area contributed by atoms with Crippen molar-refractivity contribution in [2.45, 2.75) is 45.7 Å².